The van der Waals surface area contributed by atoms with Gasteiger partial charge in [0.15, 0.2) is 0 Å². The number of ether oxygens (including phenoxy) is 1. The van der Waals surface area contributed by atoms with Gasteiger partial charge in [-0.1, -0.05) is 24.9 Å². The highest BCUT2D eigenvalue weighted by Crippen LogP contribution is 2.29. The second-order valence-electron chi connectivity index (χ2n) is 2.50. The molecule has 2 N–H and O–H groups in total. The summed E-state index contributed by atoms with van der Waals surface area (Å²) in [5.74, 6) is 0. The molecule has 1 heterocycles. The lowest BCUT2D eigenvalue weighted by Gasteiger charge is -2.17. The van der Waals surface area contributed by atoms with Crippen LogP contribution in [0.15, 0.2) is 0 Å². The van der Waals surface area contributed by atoms with Crippen molar-refractivity contribution in [3.63, 3.8) is 0 Å². The molecule has 2 nitrogen and oxygen atoms in total. The molecule has 54 valence electrons. The van der Waals surface area contributed by atoms with E-state index >= 15 is 0 Å². The highest BCUT2D eigenvalue weighted by atomic mass is 35.5. The normalized spacial score (nSPS) is 31.7. The number of hydrogen-bond acceptors (Lipinski definition) is 2. The molecule has 0 amide bonds. The van der Waals surface area contributed by atoms with Crippen molar-refractivity contribution in [2.45, 2.75) is 30.9 Å². The van der Waals surface area contributed by atoms with Crippen LogP contribution in [0.2, 0.25) is 0 Å². The molecule has 1 rings (SSSR count). The van der Waals surface area contributed by atoms with Crippen LogP contribution in [0.1, 0.15) is 19.8 Å². The van der Waals surface area contributed by atoms with E-state index in [4.69, 9.17) is 22.1 Å². The SMILES string of the molecule is CCCC(N)(Cl)C1CO1. The Morgan fingerprint density at radius 1 is 1.89 bits per heavy atom. The van der Waals surface area contributed by atoms with Crippen LogP contribution >= 0.6 is 11.6 Å². The second-order valence-corrected chi connectivity index (χ2v) is 3.20. The van der Waals surface area contributed by atoms with E-state index in [1.54, 1.807) is 0 Å². The minimum absolute atomic E-state index is 0.110. The minimum Gasteiger partial charge on any atom is -0.370 e. The van der Waals surface area contributed by atoms with Crippen LogP contribution < -0.4 is 5.73 Å². The van der Waals surface area contributed by atoms with Gasteiger partial charge < -0.3 is 10.5 Å². The van der Waals surface area contributed by atoms with Gasteiger partial charge in [-0.3, -0.25) is 0 Å². The smallest absolute Gasteiger partial charge is 0.120 e. The predicted molar refractivity (Wildman–Crippen MR) is 37.4 cm³/mol. The van der Waals surface area contributed by atoms with Crippen LogP contribution in [-0.4, -0.2) is 17.7 Å². The van der Waals surface area contributed by atoms with Gasteiger partial charge in [-0.15, -0.1) is 0 Å². The predicted octanol–water partition coefficient (Wildman–Crippen LogP) is 1.08. The maximum atomic E-state index is 5.89. The average molecular weight is 150 g/mol. The van der Waals surface area contributed by atoms with E-state index in [9.17, 15) is 0 Å². The van der Waals surface area contributed by atoms with Crippen molar-refractivity contribution < 1.29 is 4.74 Å². The molecule has 0 saturated carbocycles. The van der Waals surface area contributed by atoms with Gasteiger partial charge in [0.05, 0.1) is 6.61 Å². The van der Waals surface area contributed by atoms with Crippen molar-refractivity contribution in [1.82, 2.24) is 0 Å². The zero-order chi connectivity index (χ0) is 6.91. The summed E-state index contributed by atoms with van der Waals surface area (Å²) in [6, 6.07) is 0. The van der Waals surface area contributed by atoms with Crippen molar-refractivity contribution in [1.29, 1.82) is 0 Å². The summed E-state index contributed by atoms with van der Waals surface area (Å²) in [6.45, 7) is 2.80. The fraction of sp³-hybridized carbons (Fsp3) is 1.00. The van der Waals surface area contributed by atoms with Crippen LogP contribution in [0.3, 0.4) is 0 Å². The molecule has 2 atom stereocenters. The quantitative estimate of drug-likeness (QED) is 0.371. The minimum atomic E-state index is -0.589. The second kappa shape index (κ2) is 2.45. The summed E-state index contributed by atoms with van der Waals surface area (Å²) >= 11 is 5.89. The van der Waals surface area contributed by atoms with E-state index in [-0.39, 0.29) is 6.10 Å². The Morgan fingerprint density at radius 3 is 2.78 bits per heavy atom. The van der Waals surface area contributed by atoms with Crippen LogP contribution in [-0.2, 0) is 4.74 Å². The molecule has 0 bridgehead atoms. The summed E-state index contributed by atoms with van der Waals surface area (Å²) in [5.41, 5.74) is 5.67. The molecular weight excluding hydrogens is 138 g/mol. The first-order chi connectivity index (χ1) is 4.17. The molecule has 2 unspecified atom stereocenters. The van der Waals surface area contributed by atoms with Gasteiger partial charge in [-0.2, -0.15) is 0 Å². The molecule has 0 aromatic carbocycles. The summed E-state index contributed by atoms with van der Waals surface area (Å²) in [6.07, 6.45) is 1.96. The van der Waals surface area contributed by atoms with Gasteiger partial charge in [0.25, 0.3) is 0 Å². The van der Waals surface area contributed by atoms with Gasteiger partial charge in [-0.05, 0) is 6.42 Å². The first-order valence-corrected chi connectivity index (χ1v) is 3.64. The Kier molecular flexibility index (Phi) is 1.99. The molecule has 3 heteroatoms. The van der Waals surface area contributed by atoms with E-state index in [1.165, 1.54) is 0 Å². The summed E-state index contributed by atoms with van der Waals surface area (Å²) < 4.78 is 4.97. The highest BCUT2D eigenvalue weighted by molar-refractivity contribution is 6.24. The summed E-state index contributed by atoms with van der Waals surface area (Å²) in [5, 5.41) is 0. The third kappa shape index (κ3) is 1.81. The molecule has 1 saturated heterocycles. The first kappa shape index (κ1) is 7.32. The first-order valence-electron chi connectivity index (χ1n) is 3.26. The van der Waals surface area contributed by atoms with E-state index < -0.39 is 5.00 Å². The number of epoxide rings is 1. The molecule has 1 fully saturated rings. The number of rotatable bonds is 3. The lowest BCUT2D eigenvalue weighted by Crippen LogP contribution is -2.38. The van der Waals surface area contributed by atoms with E-state index in [1.807, 2.05) is 0 Å². The Labute approximate surface area is 60.3 Å². The van der Waals surface area contributed by atoms with Crippen LogP contribution in [0.5, 0.6) is 0 Å². The maximum Gasteiger partial charge on any atom is 0.120 e. The van der Waals surface area contributed by atoms with Crippen molar-refractivity contribution in [3.05, 3.63) is 0 Å². The van der Waals surface area contributed by atoms with Gasteiger partial charge in [0, 0.05) is 0 Å². The van der Waals surface area contributed by atoms with Crippen molar-refractivity contribution in [3.8, 4) is 0 Å². The fourth-order valence-electron chi connectivity index (χ4n) is 0.869. The van der Waals surface area contributed by atoms with Gasteiger partial charge in [-0.25, -0.2) is 0 Å². The monoisotopic (exact) mass is 149 g/mol. The topological polar surface area (TPSA) is 38.5 Å². The van der Waals surface area contributed by atoms with Gasteiger partial charge >= 0.3 is 0 Å². The molecule has 1 aliphatic rings. The Morgan fingerprint density at radius 2 is 2.44 bits per heavy atom. The van der Waals surface area contributed by atoms with Crippen molar-refractivity contribution in [2.75, 3.05) is 6.61 Å². The van der Waals surface area contributed by atoms with Crippen molar-refractivity contribution in [2.24, 2.45) is 5.73 Å². The Bertz CT molecular complexity index is 101. The Hall–Kier alpha value is 0.210. The molecule has 9 heavy (non-hydrogen) atoms. The zero-order valence-electron chi connectivity index (χ0n) is 5.56. The van der Waals surface area contributed by atoms with Crippen LogP contribution in [0, 0.1) is 0 Å². The van der Waals surface area contributed by atoms with E-state index in [0.717, 1.165) is 19.4 Å². The number of nitrogens with two attached hydrogens (primary N) is 1. The highest BCUT2D eigenvalue weighted by Gasteiger charge is 2.41. The third-order valence-corrected chi connectivity index (χ3v) is 1.93. The summed E-state index contributed by atoms with van der Waals surface area (Å²) in [4.78, 5) is -0.589. The fourth-order valence-corrected chi connectivity index (χ4v) is 1.18. The van der Waals surface area contributed by atoms with Crippen LogP contribution in [0.4, 0.5) is 0 Å². The summed E-state index contributed by atoms with van der Waals surface area (Å²) in [7, 11) is 0. The molecule has 0 aliphatic carbocycles. The Balaban J connectivity index is 2.30. The number of halogens is 1. The molecule has 0 aromatic rings. The lowest BCUT2D eigenvalue weighted by atomic mass is 10.1. The zero-order valence-corrected chi connectivity index (χ0v) is 6.32. The molecular formula is C6H12ClNO. The number of alkyl halides is 1. The molecule has 0 spiro atoms. The standard InChI is InChI=1S/C6H12ClNO/c1-2-3-6(7,8)5-4-9-5/h5H,2-4,8H2,1H3. The van der Waals surface area contributed by atoms with E-state index in [0.29, 0.717) is 0 Å². The molecule has 0 radical (unpaired) electrons. The van der Waals surface area contributed by atoms with Gasteiger partial charge in [0.2, 0.25) is 0 Å². The van der Waals surface area contributed by atoms with Crippen molar-refractivity contribution >= 4 is 11.6 Å². The number of hydrogen-bond donors (Lipinski definition) is 1. The van der Waals surface area contributed by atoms with E-state index in [2.05, 4.69) is 6.92 Å². The average Bonchev–Trinajstić information content (AvgIpc) is 2.41. The van der Waals surface area contributed by atoms with Gasteiger partial charge in [0.1, 0.15) is 11.1 Å². The molecule has 0 aromatic heterocycles. The molecule has 1 aliphatic heterocycles. The maximum absolute atomic E-state index is 5.89. The lowest BCUT2D eigenvalue weighted by molar-refractivity contribution is 0.339. The largest absolute Gasteiger partial charge is 0.370 e. The third-order valence-electron chi connectivity index (χ3n) is 1.50. The van der Waals surface area contributed by atoms with Crippen LogP contribution in [0.25, 0.3) is 0 Å².